The summed E-state index contributed by atoms with van der Waals surface area (Å²) in [5.41, 5.74) is 0.481. The van der Waals surface area contributed by atoms with Gasteiger partial charge < -0.3 is 4.74 Å². The van der Waals surface area contributed by atoms with Crippen molar-refractivity contribution >= 4 is 15.9 Å². The van der Waals surface area contributed by atoms with Gasteiger partial charge >= 0.3 is 0 Å². The third-order valence-electron chi connectivity index (χ3n) is 5.00. The monoisotopic (exact) mass is 316 g/mol. The predicted molar refractivity (Wildman–Crippen MR) is 81.2 cm³/mol. The molecule has 2 fully saturated rings. The van der Waals surface area contributed by atoms with Gasteiger partial charge in [0, 0.05) is 11.4 Å². The number of rotatable bonds is 3. The van der Waals surface area contributed by atoms with Crippen molar-refractivity contribution in [1.29, 1.82) is 0 Å². The second kappa shape index (κ2) is 6.26. The van der Waals surface area contributed by atoms with Gasteiger partial charge in [-0.25, -0.2) is 0 Å². The number of halogens is 1. The molecular weight excluding hydrogens is 288 g/mol. The zero-order chi connectivity index (χ0) is 13.2. The summed E-state index contributed by atoms with van der Waals surface area (Å²) in [7, 11) is 0. The van der Waals surface area contributed by atoms with E-state index in [-0.39, 0.29) is 0 Å². The Morgan fingerprint density at radius 3 is 2.50 bits per heavy atom. The van der Waals surface area contributed by atoms with E-state index in [1.54, 1.807) is 0 Å². The summed E-state index contributed by atoms with van der Waals surface area (Å²) in [6.45, 7) is 8.22. The lowest BCUT2D eigenvalue weighted by atomic mass is 9.68. The van der Waals surface area contributed by atoms with E-state index in [1.807, 2.05) is 0 Å². The first-order chi connectivity index (χ1) is 8.47. The highest BCUT2D eigenvalue weighted by molar-refractivity contribution is 9.09. The van der Waals surface area contributed by atoms with Gasteiger partial charge in [-0.1, -0.05) is 36.7 Å². The maximum absolute atomic E-state index is 5.76. The minimum Gasteiger partial charge on any atom is -0.378 e. The van der Waals surface area contributed by atoms with Crippen LogP contribution in [0.4, 0.5) is 0 Å². The smallest absolute Gasteiger partial charge is 0.0576 e. The number of alkyl halides is 1. The van der Waals surface area contributed by atoms with Gasteiger partial charge in [0.05, 0.1) is 6.10 Å². The van der Waals surface area contributed by atoms with Gasteiger partial charge in [-0.05, 0) is 62.2 Å². The fourth-order valence-electron chi connectivity index (χ4n) is 3.58. The van der Waals surface area contributed by atoms with Crippen molar-refractivity contribution in [3.63, 3.8) is 0 Å². The Hall–Kier alpha value is 0.440. The minimum atomic E-state index is 0.481. The molecule has 18 heavy (non-hydrogen) atoms. The van der Waals surface area contributed by atoms with E-state index >= 15 is 0 Å². The lowest BCUT2D eigenvalue weighted by molar-refractivity contribution is 0.0875. The topological polar surface area (TPSA) is 9.23 Å². The Labute approximate surface area is 121 Å². The summed E-state index contributed by atoms with van der Waals surface area (Å²) < 4.78 is 5.76. The van der Waals surface area contributed by atoms with Crippen molar-refractivity contribution in [1.82, 2.24) is 0 Å². The fraction of sp³-hybridized carbons (Fsp3) is 1.00. The zero-order valence-electron chi connectivity index (χ0n) is 12.3. The van der Waals surface area contributed by atoms with Crippen LogP contribution in [0.5, 0.6) is 0 Å². The molecular formula is C16H29BrO. The van der Waals surface area contributed by atoms with Crippen LogP contribution in [0.1, 0.15) is 65.7 Å². The lowest BCUT2D eigenvalue weighted by Gasteiger charge is -2.40. The largest absolute Gasteiger partial charge is 0.378 e. The van der Waals surface area contributed by atoms with Gasteiger partial charge in [0.15, 0.2) is 0 Å². The highest BCUT2D eigenvalue weighted by atomic mass is 79.9. The lowest BCUT2D eigenvalue weighted by Crippen LogP contribution is -2.32. The molecule has 2 rings (SSSR count). The van der Waals surface area contributed by atoms with Crippen molar-refractivity contribution < 1.29 is 4.74 Å². The molecule has 1 saturated carbocycles. The van der Waals surface area contributed by atoms with Gasteiger partial charge in [0.25, 0.3) is 0 Å². The van der Waals surface area contributed by atoms with Crippen molar-refractivity contribution in [2.75, 3.05) is 6.61 Å². The quantitative estimate of drug-likeness (QED) is 0.652. The van der Waals surface area contributed by atoms with Crippen LogP contribution in [0.2, 0.25) is 0 Å². The van der Waals surface area contributed by atoms with Crippen molar-refractivity contribution in [3.05, 3.63) is 0 Å². The van der Waals surface area contributed by atoms with E-state index in [1.165, 1.54) is 44.9 Å². The van der Waals surface area contributed by atoms with Crippen molar-refractivity contribution in [3.8, 4) is 0 Å². The van der Waals surface area contributed by atoms with Crippen LogP contribution in [0, 0.1) is 17.3 Å². The third-order valence-corrected chi connectivity index (χ3v) is 6.20. The van der Waals surface area contributed by atoms with E-state index in [0.717, 1.165) is 23.3 Å². The van der Waals surface area contributed by atoms with Crippen LogP contribution >= 0.6 is 15.9 Å². The summed E-state index contributed by atoms with van der Waals surface area (Å²) in [4.78, 5) is 0.748. The highest BCUT2D eigenvalue weighted by Crippen LogP contribution is 2.44. The predicted octanol–water partition coefficient (Wildman–Crippen LogP) is 5.17. The van der Waals surface area contributed by atoms with Crippen LogP contribution in [0.25, 0.3) is 0 Å². The molecule has 0 bridgehead atoms. The molecule has 4 unspecified atom stereocenters. The summed E-state index contributed by atoms with van der Waals surface area (Å²) >= 11 is 3.92. The van der Waals surface area contributed by atoms with Gasteiger partial charge in [-0.15, -0.1) is 0 Å². The Bertz CT molecular complexity index is 252. The fourth-order valence-corrected chi connectivity index (χ4v) is 4.33. The maximum atomic E-state index is 5.76. The molecule has 106 valence electrons. The molecule has 1 saturated heterocycles. The number of hydrogen-bond donors (Lipinski definition) is 0. The highest BCUT2D eigenvalue weighted by Gasteiger charge is 2.35. The molecule has 0 N–H and O–H groups in total. The molecule has 1 heterocycles. The average Bonchev–Trinajstić information content (AvgIpc) is 2.79. The molecule has 2 heteroatoms. The zero-order valence-corrected chi connectivity index (χ0v) is 13.8. The molecule has 1 aliphatic carbocycles. The van der Waals surface area contributed by atoms with E-state index < -0.39 is 0 Å². The molecule has 0 amide bonds. The SMILES string of the molecule is CC(C)(C)C1CCC(Br)C(CCC2CCCO2)C1. The Morgan fingerprint density at radius 2 is 1.89 bits per heavy atom. The first-order valence-corrected chi connectivity index (χ1v) is 8.64. The van der Waals surface area contributed by atoms with Gasteiger partial charge in [0.1, 0.15) is 0 Å². The van der Waals surface area contributed by atoms with Gasteiger partial charge in [-0.3, -0.25) is 0 Å². The van der Waals surface area contributed by atoms with Crippen molar-refractivity contribution in [2.45, 2.75) is 76.6 Å². The standard InChI is InChI=1S/C16H29BrO/c1-16(2,3)13-7-9-15(17)12(11-13)6-8-14-5-4-10-18-14/h12-15H,4-11H2,1-3H3. The van der Waals surface area contributed by atoms with Crippen LogP contribution < -0.4 is 0 Å². The van der Waals surface area contributed by atoms with Gasteiger partial charge in [-0.2, -0.15) is 0 Å². The summed E-state index contributed by atoms with van der Waals surface area (Å²) in [6, 6.07) is 0. The average molecular weight is 317 g/mol. The van der Waals surface area contributed by atoms with E-state index in [0.29, 0.717) is 11.5 Å². The van der Waals surface area contributed by atoms with Crippen LogP contribution in [-0.4, -0.2) is 17.5 Å². The molecule has 4 atom stereocenters. The Balaban J connectivity index is 1.81. The molecule has 1 nitrogen and oxygen atoms in total. The van der Waals surface area contributed by atoms with E-state index in [9.17, 15) is 0 Å². The third kappa shape index (κ3) is 3.96. The summed E-state index contributed by atoms with van der Waals surface area (Å²) in [5.74, 6) is 1.77. The summed E-state index contributed by atoms with van der Waals surface area (Å²) in [6.07, 6.45) is 9.94. The number of ether oxygens (including phenoxy) is 1. The summed E-state index contributed by atoms with van der Waals surface area (Å²) in [5, 5.41) is 0. The first kappa shape index (κ1) is 14.8. The first-order valence-electron chi connectivity index (χ1n) is 7.72. The van der Waals surface area contributed by atoms with Crippen molar-refractivity contribution in [2.24, 2.45) is 17.3 Å². The normalized spacial score (nSPS) is 38.0. The van der Waals surface area contributed by atoms with Crippen LogP contribution in [0.15, 0.2) is 0 Å². The molecule has 0 radical (unpaired) electrons. The maximum Gasteiger partial charge on any atom is 0.0576 e. The molecule has 0 aromatic rings. The second-order valence-corrected chi connectivity index (χ2v) is 8.54. The molecule has 0 aromatic heterocycles. The van der Waals surface area contributed by atoms with E-state index in [2.05, 4.69) is 36.7 Å². The molecule has 0 spiro atoms. The Morgan fingerprint density at radius 1 is 1.11 bits per heavy atom. The number of hydrogen-bond acceptors (Lipinski definition) is 1. The van der Waals surface area contributed by atoms with E-state index in [4.69, 9.17) is 4.74 Å². The van der Waals surface area contributed by atoms with Crippen LogP contribution in [0.3, 0.4) is 0 Å². The molecule has 1 aliphatic heterocycles. The Kier molecular flexibility index (Phi) is 5.16. The second-order valence-electron chi connectivity index (χ2n) is 7.36. The van der Waals surface area contributed by atoms with Gasteiger partial charge in [0.2, 0.25) is 0 Å². The molecule has 0 aromatic carbocycles. The minimum absolute atomic E-state index is 0.481. The molecule has 2 aliphatic rings. The van der Waals surface area contributed by atoms with Crippen LogP contribution in [-0.2, 0) is 4.74 Å².